The molecule has 1 N–H and O–H groups in total. The van der Waals surface area contributed by atoms with Gasteiger partial charge in [0.1, 0.15) is 16.7 Å². The van der Waals surface area contributed by atoms with E-state index in [2.05, 4.69) is 5.32 Å². The van der Waals surface area contributed by atoms with Crippen LogP contribution in [0.1, 0.15) is 16.8 Å². The molecule has 0 aromatic heterocycles. The minimum atomic E-state index is -3.82. The van der Waals surface area contributed by atoms with Crippen LogP contribution in [0.15, 0.2) is 35.2 Å². The van der Waals surface area contributed by atoms with Gasteiger partial charge < -0.3 is 10.1 Å². The van der Waals surface area contributed by atoms with Gasteiger partial charge in [0, 0.05) is 29.9 Å². The lowest BCUT2D eigenvalue weighted by Crippen LogP contribution is -2.28. The van der Waals surface area contributed by atoms with Gasteiger partial charge in [-0.2, -0.15) is 4.31 Å². The van der Waals surface area contributed by atoms with Gasteiger partial charge in [-0.25, -0.2) is 21.6 Å². The molecule has 2 aliphatic rings. The van der Waals surface area contributed by atoms with E-state index in [1.54, 1.807) is 0 Å². The fourth-order valence-corrected chi connectivity index (χ4v) is 4.74. The molecule has 1 saturated heterocycles. The van der Waals surface area contributed by atoms with Crippen LogP contribution in [-0.2, 0) is 10.0 Å². The van der Waals surface area contributed by atoms with Crippen molar-refractivity contribution in [3.05, 3.63) is 53.3 Å². The zero-order valence-corrected chi connectivity index (χ0v) is 14.5. The van der Waals surface area contributed by atoms with Gasteiger partial charge in [0.05, 0.1) is 6.54 Å². The van der Waals surface area contributed by atoms with Crippen LogP contribution in [0.25, 0.3) is 0 Å². The Morgan fingerprint density at radius 3 is 2.56 bits per heavy atom. The summed E-state index contributed by atoms with van der Waals surface area (Å²) >= 11 is 0. The summed E-state index contributed by atoms with van der Waals surface area (Å²) in [5, 5.41) is 2.22. The lowest BCUT2D eigenvalue weighted by molar-refractivity contribution is 0.102. The zero-order valence-electron chi connectivity index (χ0n) is 13.7. The molecule has 6 nitrogen and oxygen atoms in total. The van der Waals surface area contributed by atoms with E-state index in [0.717, 1.165) is 6.07 Å². The summed E-state index contributed by atoms with van der Waals surface area (Å²) in [6, 6.07) is 5.12. The number of anilines is 1. The van der Waals surface area contributed by atoms with Crippen molar-refractivity contribution in [2.75, 3.05) is 18.4 Å². The van der Waals surface area contributed by atoms with E-state index in [1.807, 2.05) is 0 Å². The Hall–Kier alpha value is -2.59. The predicted octanol–water partition coefficient (Wildman–Crippen LogP) is 2.51. The standard InChI is InChI=1S/C17H13F3N2O4S/c18-12-6-10(7-13(19)16(12)20)21-17(23)9-1-2-14-15(5-9)27(24,25)22-4-3-11(8-22)26-14/h1-2,5-7,11H,3-4,8H2,(H,21,23). The van der Waals surface area contributed by atoms with Gasteiger partial charge in [-0.3, -0.25) is 4.79 Å². The smallest absolute Gasteiger partial charge is 0.255 e. The number of nitrogens with zero attached hydrogens (tertiary/aromatic N) is 1. The van der Waals surface area contributed by atoms with Crippen LogP contribution in [0.5, 0.6) is 5.75 Å². The van der Waals surface area contributed by atoms with Crippen LogP contribution < -0.4 is 10.1 Å². The molecule has 0 aliphatic carbocycles. The number of rotatable bonds is 2. The summed E-state index contributed by atoms with van der Waals surface area (Å²) in [7, 11) is -3.82. The maximum absolute atomic E-state index is 13.3. The van der Waals surface area contributed by atoms with Gasteiger partial charge in [-0.15, -0.1) is 0 Å². The van der Waals surface area contributed by atoms with Crippen molar-refractivity contribution >= 4 is 21.6 Å². The molecule has 2 bridgehead atoms. The van der Waals surface area contributed by atoms with E-state index >= 15 is 0 Å². The molecule has 4 rings (SSSR count). The van der Waals surface area contributed by atoms with Crippen molar-refractivity contribution in [3.63, 3.8) is 0 Å². The molecule has 1 fully saturated rings. The first-order valence-electron chi connectivity index (χ1n) is 8.02. The van der Waals surface area contributed by atoms with Crippen LogP contribution in [0.4, 0.5) is 18.9 Å². The van der Waals surface area contributed by atoms with Crippen LogP contribution in [-0.4, -0.2) is 37.8 Å². The number of hydrogen-bond donors (Lipinski definition) is 1. The number of ether oxygens (including phenoxy) is 1. The van der Waals surface area contributed by atoms with Crippen LogP contribution in [0.3, 0.4) is 0 Å². The van der Waals surface area contributed by atoms with Gasteiger partial charge >= 0.3 is 0 Å². The van der Waals surface area contributed by atoms with Crippen molar-refractivity contribution in [1.29, 1.82) is 0 Å². The Morgan fingerprint density at radius 1 is 1.15 bits per heavy atom. The highest BCUT2D eigenvalue weighted by Gasteiger charge is 2.39. The van der Waals surface area contributed by atoms with Crippen LogP contribution in [0, 0.1) is 17.5 Å². The molecule has 0 spiro atoms. The third-order valence-corrected chi connectivity index (χ3v) is 6.35. The minimum absolute atomic E-state index is 0.0509. The normalized spacial score (nSPS) is 22.5. The molecule has 0 radical (unpaired) electrons. The lowest BCUT2D eigenvalue weighted by Gasteiger charge is -2.17. The van der Waals surface area contributed by atoms with Crippen molar-refractivity contribution in [2.24, 2.45) is 0 Å². The van der Waals surface area contributed by atoms with E-state index in [4.69, 9.17) is 4.74 Å². The molecule has 27 heavy (non-hydrogen) atoms. The summed E-state index contributed by atoms with van der Waals surface area (Å²) in [5.41, 5.74) is -0.349. The minimum Gasteiger partial charge on any atom is -0.488 e. The Kier molecular flexibility index (Phi) is 4.11. The maximum atomic E-state index is 13.3. The summed E-state index contributed by atoms with van der Waals surface area (Å²) in [5.74, 6) is -5.20. The van der Waals surface area contributed by atoms with Crippen LogP contribution in [0.2, 0.25) is 0 Å². The average Bonchev–Trinajstić information content (AvgIpc) is 3.05. The number of carbonyl (C=O) groups is 1. The van der Waals surface area contributed by atoms with Crippen molar-refractivity contribution in [2.45, 2.75) is 17.4 Å². The Labute approximate surface area is 152 Å². The van der Waals surface area contributed by atoms with E-state index in [9.17, 15) is 26.4 Å². The summed E-state index contributed by atoms with van der Waals surface area (Å²) in [6.45, 7) is 0.573. The van der Waals surface area contributed by atoms with Gasteiger partial charge in [-0.05, 0) is 24.6 Å². The number of hydrogen-bond acceptors (Lipinski definition) is 4. The predicted molar refractivity (Wildman–Crippen MR) is 88.5 cm³/mol. The fourth-order valence-electron chi connectivity index (χ4n) is 3.11. The van der Waals surface area contributed by atoms with Gasteiger partial charge in [0.25, 0.3) is 5.91 Å². The first-order chi connectivity index (χ1) is 12.8. The topological polar surface area (TPSA) is 75.7 Å². The van der Waals surface area contributed by atoms with E-state index in [1.165, 1.54) is 16.4 Å². The second kappa shape index (κ2) is 6.24. The highest BCUT2D eigenvalue weighted by atomic mass is 32.2. The Morgan fingerprint density at radius 2 is 1.85 bits per heavy atom. The van der Waals surface area contributed by atoms with E-state index in [-0.39, 0.29) is 34.5 Å². The summed E-state index contributed by atoms with van der Waals surface area (Å²) in [4.78, 5) is 12.2. The summed E-state index contributed by atoms with van der Waals surface area (Å²) < 4.78 is 72.0. The molecule has 10 heteroatoms. The quantitative estimate of drug-likeness (QED) is 0.789. The van der Waals surface area contributed by atoms with Gasteiger partial charge in [0.2, 0.25) is 10.0 Å². The molecule has 2 heterocycles. The van der Waals surface area contributed by atoms with Gasteiger partial charge in [-0.1, -0.05) is 0 Å². The highest BCUT2D eigenvalue weighted by molar-refractivity contribution is 7.89. The maximum Gasteiger partial charge on any atom is 0.255 e. The third kappa shape index (κ3) is 3.04. The largest absolute Gasteiger partial charge is 0.488 e. The Bertz CT molecular complexity index is 1040. The molecule has 142 valence electrons. The summed E-state index contributed by atoms with van der Waals surface area (Å²) in [6.07, 6.45) is 0.341. The van der Waals surface area contributed by atoms with Crippen molar-refractivity contribution < 1.29 is 31.1 Å². The fraction of sp³-hybridized carbons (Fsp3) is 0.235. The molecule has 2 unspecified atom stereocenters. The number of carbonyl (C=O) groups excluding carboxylic acids is 1. The van der Waals surface area contributed by atoms with Crippen LogP contribution >= 0.6 is 0 Å². The molecular formula is C17H13F3N2O4S. The molecule has 2 aliphatic heterocycles. The second-order valence-electron chi connectivity index (χ2n) is 6.26. The second-order valence-corrected chi connectivity index (χ2v) is 8.17. The first kappa shape index (κ1) is 17.8. The lowest BCUT2D eigenvalue weighted by atomic mass is 10.2. The molecular weight excluding hydrogens is 385 g/mol. The molecule has 2 aromatic rings. The third-order valence-electron chi connectivity index (χ3n) is 4.47. The van der Waals surface area contributed by atoms with Crippen molar-refractivity contribution in [1.82, 2.24) is 4.31 Å². The number of benzene rings is 2. The Balaban J connectivity index is 1.67. The molecule has 0 saturated carbocycles. The van der Waals surface area contributed by atoms with Crippen molar-refractivity contribution in [3.8, 4) is 5.75 Å². The number of amides is 1. The SMILES string of the molecule is O=C(Nc1cc(F)c(F)c(F)c1)c1ccc2c(c1)S(=O)(=O)N1CCC(C1)O2. The molecule has 1 amide bonds. The number of sulfonamides is 1. The molecule has 2 atom stereocenters. The van der Waals surface area contributed by atoms with E-state index in [0.29, 0.717) is 25.1 Å². The number of fused-ring (bicyclic) bond motifs is 3. The van der Waals surface area contributed by atoms with Gasteiger partial charge in [0.15, 0.2) is 17.5 Å². The first-order valence-corrected chi connectivity index (χ1v) is 9.46. The highest BCUT2D eigenvalue weighted by Crippen LogP contribution is 2.35. The average molecular weight is 398 g/mol. The number of halogens is 3. The molecule has 2 aromatic carbocycles. The monoisotopic (exact) mass is 398 g/mol. The number of nitrogens with one attached hydrogen (secondary N) is 1. The zero-order chi connectivity index (χ0) is 19.3. The van der Waals surface area contributed by atoms with E-state index < -0.39 is 33.4 Å².